The van der Waals surface area contributed by atoms with Crippen molar-refractivity contribution in [1.82, 2.24) is 44.0 Å². The topological polar surface area (TPSA) is 219 Å². The second kappa shape index (κ2) is 26.2. The predicted molar refractivity (Wildman–Crippen MR) is 311 cm³/mol. The molecule has 12 rings (SSSR count). The second-order valence-electron chi connectivity index (χ2n) is 21.6. The fourth-order valence-corrected chi connectivity index (χ4v) is 12.2. The van der Waals surface area contributed by atoms with Crippen molar-refractivity contribution in [3.63, 3.8) is 0 Å². The summed E-state index contributed by atoms with van der Waals surface area (Å²) in [6.07, 6.45) is 1.52. The van der Waals surface area contributed by atoms with Gasteiger partial charge in [-0.25, -0.2) is 15.1 Å². The molecule has 7 amide bonds. The van der Waals surface area contributed by atoms with E-state index in [1.807, 2.05) is 61.5 Å². The number of morpholine rings is 2. The number of benzene rings is 4. The first-order chi connectivity index (χ1) is 40.3. The van der Waals surface area contributed by atoms with Gasteiger partial charge in [0, 0.05) is 120 Å². The summed E-state index contributed by atoms with van der Waals surface area (Å²) in [7, 11) is 4.63. The number of nitrogens with zero attached hydrogens (tertiary/aromatic N) is 8. The van der Waals surface area contributed by atoms with Gasteiger partial charge >= 0.3 is 12.1 Å². The molecule has 4 aromatic carbocycles. The van der Waals surface area contributed by atoms with Crippen molar-refractivity contribution < 1.29 is 62.4 Å². The number of methoxy groups -OCH3 is 1. The lowest BCUT2D eigenvalue weighted by atomic mass is 9.97. The number of imide groups is 2. The average Bonchev–Trinajstić information content (AvgIpc) is 1.79. The maximum absolute atomic E-state index is 13.4. The van der Waals surface area contributed by atoms with E-state index >= 15 is 0 Å². The van der Waals surface area contributed by atoms with Gasteiger partial charge in [0.1, 0.15) is 31.3 Å². The maximum atomic E-state index is 13.4. The molecule has 3 atom stereocenters. The van der Waals surface area contributed by atoms with Crippen LogP contribution in [0.3, 0.4) is 0 Å². The number of carbonyl (C=O) groups is 6. The molecule has 6 aliphatic rings. The molecule has 0 saturated carbocycles. The molecule has 4 saturated heterocycles. The quantitative estimate of drug-likeness (QED) is 0.0317. The highest BCUT2D eigenvalue weighted by atomic mass is 35.5. The molecule has 3 unspecified atom stereocenters. The number of hydroxylamine groups is 1. The highest BCUT2D eigenvalue weighted by Crippen LogP contribution is 2.44. The Kier molecular flexibility index (Phi) is 18.7. The van der Waals surface area contributed by atoms with E-state index in [2.05, 4.69) is 25.0 Å². The van der Waals surface area contributed by atoms with Crippen LogP contribution in [0.2, 0.25) is 0 Å². The van der Waals surface area contributed by atoms with Crippen molar-refractivity contribution in [2.24, 2.45) is 0 Å². The van der Waals surface area contributed by atoms with Crippen LogP contribution in [-0.4, -0.2) is 205 Å². The lowest BCUT2D eigenvalue weighted by molar-refractivity contribution is -0.128. The zero-order chi connectivity index (χ0) is 57.9. The first-order valence-corrected chi connectivity index (χ1v) is 28.5. The molecule has 6 aliphatic heterocycles. The Labute approximate surface area is 492 Å². The van der Waals surface area contributed by atoms with Crippen LogP contribution in [0.25, 0.3) is 21.8 Å². The van der Waals surface area contributed by atoms with Crippen molar-refractivity contribution in [2.45, 2.75) is 57.6 Å². The van der Waals surface area contributed by atoms with Gasteiger partial charge in [-0.1, -0.05) is 43.3 Å². The molecule has 84 heavy (non-hydrogen) atoms. The molecule has 0 aliphatic carbocycles. The molecule has 6 aromatic rings. The Hall–Kier alpha value is -7.41. The molecule has 2 aromatic heterocycles. The van der Waals surface area contributed by atoms with E-state index in [0.717, 1.165) is 133 Å². The third-order valence-electron chi connectivity index (χ3n) is 16.7. The van der Waals surface area contributed by atoms with Crippen molar-refractivity contribution in [1.29, 1.82) is 0 Å². The molecular weight excluding hydrogens is 1100 g/mol. The maximum Gasteiger partial charge on any atom is 0.327 e. The smallest absolute Gasteiger partial charge is 0.327 e. The number of aromatic nitrogens is 2. The lowest BCUT2D eigenvalue weighted by Gasteiger charge is -2.29. The van der Waals surface area contributed by atoms with Crippen molar-refractivity contribution >= 4 is 69.8 Å². The summed E-state index contributed by atoms with van der Waals surface area (Å²) in [5.74, 6) is 0.392. The van der Waals surface area contributed by atoms with Gasteiger partial charge in [0.05, 0.1) is 37.8 Å². The number of fused-ring (bicyclic) bond motifs is 10. The highest BCUT2D eigenvalue weighted by Gasteiger charge is 2.50. The zero-order valence-corrected chi connectivity index (χ0v) is 48.6. The van der Waals surface area contributed by atoms with Crippen LogP contribution in [0.4, 0.5) is 9.59 Å². The molecule has 8 heterocycles. The van der Waals surface area contributed by atoms with Crippen LogP contribution in [0, 0.1) is 0 Å². The second-order valence-corrected chi connectivity index (χ2v) is 21.6. The first kappa shape index (κ1) is 59.7. The molecule has 0 radical (unpaired) electrons. The number of rotatable bonds is 19. The molecule has 2 N–H and O–H groups in total. The van der Waals surface area contributed by atoms with Crippen LogP contribution >= 0.6 is 12.4 Å². The number of Topliss-reactive ketones (excluding diaryl/α,β-unsaturated/α-hetero) is 1. The molecular formula is C61H72ClN9O13. The number of amides is 7. The van der Waals surface area contributed by atoms with E-state index in [-0.39, 0.29) is 48.7 Å². The van der Waals surface area contributed by atoms with Gasteiger partial charge in [0.2, 0.25) is 0 Å². The molecule has 0 spiro atoms. The van der Waals surface area contributed by atoms with Gasteiger partial charge in [0.25, 0.3) is 17.7 Å². The molecule has 22 nitrogen and oxygen atoms in total. The molecule has 23 heteroatoms. The van der Waals surface area contributed by atoms with Crippen molar-refractivity contribution in [3.8, 4) is 11.5 Å². The van der Waals surface area contributed by atoms with E-state index in [0.29, 0.717) is 69.8 Å². The zero-order valence-electron chi connectivity index (χ0n) is 47.8. The van der Waals surface area contributed by atoms with Crippen LogP contribution in [0.1, 0.15) is 79.8 Å². The Morgan fingerprint density at radius 2 is 1.07 bits per heavy atom. The van der Waals surface area contributed by atoms with Gasteiger partial charge in [-0.3, -0.25) is 44.0 Å². The van der Waals surface area contributed by atoms with Gasteiger partial charge < -0.3 is 47.4 Å². The summed E-state index contributed by atoms with van der Waals surface area (Å²) in [4.78, 5) is 87.2. The minimum Gasteiger partial charge on any atom is -0.492 e. The van der Waals surface area contributed by atoms with Crippen molar-refractivity contribution in [3.05, 3.63) is 130 Å². The Balaban J connectivity index is 0.000000186. The largest absolute Gasteiger partial charge is 0.492 e. The fraction of sp³-hybridized carbons (Fsp3) is 0.443. The number of urea groups is 2. The summed E-state index contributed by atoms with van der Waals surface area (Å²) >= 11 is 0. The Bertz CT molecular complexity index is 3410. The highest BCUT2D eigenvalue weighted by molar-refractivity contribution is 6.07. The minimum atomic E-state index is -0.677. The van der Waals surface area contributed by atoms with E-state index in [1.54, 1.807) is 53.7 Å². The van der Waals surface area contributed by atoms with E-state index in [4.69, 9.17) is 33.6 Å². The summed E-state index contributed by atoms with van der Waals surface area (Å²) < 4.78 is 38.2. The number of nitrogens with one attached hydrogen (secondary N) is 1. The lowest BCUT2D eigenvalue weighted by Crippen LogP contribution is -2.38. The van der Waals surface area contributed by atoms with E-state index in [9.17, 15) is 28.8 Å². The predicted octanol–water partition coefficient (Wildman–Crippen LogP) is 5.91. The van der Waals surface area contributed by atoms with Crippen LogP contribution in [0.5, 0.6) is 11.5 Å². The third-order valence-corrected chi connectivity index (χ3v) is 16.7. The SMILES string of the molecule is CCC(OC)OCC(=O)c1ccc(Cn2c3c(c4cc(OCCN5CCOCC5)ccc42)CCN2C(=O)N(C)C(=O)C32)cc1.CN1C(=O)C2c3c(c4cc(OCCN5CCOCC5)ccc4n3Cc3ccc(C(=O)NO)cc3)CCN2C1=O.Cl. The standard InChI is InChI=1S/C33H40N4O7.C28H31N5O6.ClH/c1-4-29(41-3)44-21-28(38)23-7-5-22(6-8-23)20-37-27-10-9-24(43-18-15-35-13-16-42-17-14-35)19-26(27)25-11-12-36-31(30(25)37)32(39)34(2)33(36)40;1-30-27(35)25-24-21(8-9-32(25)28(30)36)22-16-20(39-15-12-31-10-13-38-14-11-31)6-7-23(22)33(24)17-18-2-4-19(5-3-18)26(34)29-37;/h5-10,19,29,31H,4,11-18,20-21H2,1-3H3;2-7,16,25,37H,8-15,17H2,1H3,(H,29,34);1H. The van der Waals surface area contributed by atoms with Crippen molar-refractivity contribution in [2.75, 3.05) is 120 Å². The summed E-state index contributed by atoms with van der Waals surface area (Å²) in [6, 6.07) is 24.6. The van der Waals surface area contributed by atoms with Crippen LogP contribution in [0.15, 0.2) is 84.9 Å². The molecule has 4 fully saturated rings. The fourth-order valence-electron chi connectivity index (χ4n) is 12.2. The number of ether oxygens (including phenoxy) is 6. The van der Waals surface area contributed by atoms with E-state index < -0.39 is 24.3 Å². The van der Waals surface area contributed by atoms with Gasteiger partial charge in [-0.15, -0.1) is 12.4 Å². The monoisotopic (exact) mass is 1170 g/mol. The first-order valence-electron chi connectivity index (χ1n) is 28.5. The van der Waals surface area contributed by atoms with Gasteiger partial charge in [-0.05, 0) is 90.0 Å². The number of hydrogen-bond acceptors (Lipinski definition) is 15. The summed E-state index contributed by atoms with van der Waals surface area (Å²) in [6.45, 7) is 13.2. The number of halogens is 1. The average molecular weight is 1170 g/mol. The normalized spacial score (nSPS) is 19.2. The number of carbonyl (C=O) groups excluding carboxylic acids is 6. The Morgan fingerprint density at radius 1 is 0.631 bits per heavy atom. The number of ketones is 1. The summed E-state index contributed by atoms with van der Waals surface area (Å²) in [5, 5.41) is 11.0. The van der Waals surface area contributed by atoms with Crippen LogP contribution in [-0.2, 0) is 54.5 Å². The van der Waals surface area contributed by atoms with Gasteiger partial charge in [-0.2, -0.15) is 0 Å². The summed E-state index contributed by atoms with van der Waals surface area (Å²) in [5.41, 5.74) is 10.1. The number of likely N-dealkylation sites (N-methyl/N-ethyl adjacent to an activating group) is 2. The minimum absolute atomic E-state index is 0. The van der Waals surface area contributed by atoms with Gasteiger partial charge in [0.15, 0.2) is 24.2 Å². The third kappa shape index (κ3) is 12.0. The van der Waals surface area contributed by atoms with Crippen LogP contribution < -0.4 is 15.0 Å². The van der Waals surface area contributed by atoms with E-state index in [1.165, 1.54) is 16.8 Å². The molecule has 0 bridgehead atoms. The molecule has 446 valence electrons. The Morgan fingerprint density at radius 3 is 1.49 bits per heavy atom. The number of hydrogen-bond donors (Lipinski definition) is 2.